The molecule has 0 aromatic carbocycles. The van der Waals surface area contributed by atoms with Crippen LogP contribution in [0.4, 0.5) is 0 Å². The first-order chi connectivity index (χ1) is 6.79. The van der Waals surface area contributed by atoms with Gasteiger partial charge in [0.25, 0.3) is 5.91 Å². The highest BCUT2D eigenvalue weighted by Gasteiger charge is 2.19. The summed E-state index contributed by atoms with van der Waals surface area (Å²) in [4.78, 5) is 19.5. The van der Waals surface area contributed by atoms with Crippen molar-refractivity contribution in [2.75, 3.05) is 0 Å². The van der Waals surface area contributed by atoms with Gasteiger partial charge in [0.15, 0.2) is 0 Å². The minimum Gasteiger partial charge on any atom is -0.366 e. The second-order valence-corrected chi connectivity index (χ2v) is 3.23. The Hall–Kier alpha value is -1.71. The van der Waals surface area contributed by atoms with Gasteiger partial charge in [-0.2, -0.15) is 0 Å². The first-order valence-corrected chi connectivity index (χ1v) is 4.55. The van der Waals surface area contributed by atoms with Gasteiger partial charge in [-0.1, -0.05) is 0 Å². The Balaban J connectivity index is 2.40. The van der Waals surface area contributed by atoms with Crippen molar-refractivity contribution in [2.24, 2.45) is 10.7 Å². The molecule has 0 fully saturated rings. The number of aliphatic imine (C=N–C) groups is 1. The minimum atomic E-state index is -0.435. The largest absolute Gasteiger partial charge is 0.366 e. The van der Waals surface area contributed by atoms with E-state index in [4.69, 9.17) is 5.73 Å². The SMILES string of the molecule is NC(=O)c1cccnc1C1CCC=N1. The molecular weight excluding hydrogens is 178 g/mol. The quantitative estimate of drug-likeness (QED) is 0.756. The van der Waals surface area contributed by atoms with Crippen molar-refractivity contribution in [1.82, 2.24) is 4.98 Å². The molecule has 4 heteroatoms. The van der Waals surface area contributed by atoms with Crippen LogP contribution >= 0.6 is 0 Å². The summed E-state index contributed by atoms with van der Waals surface area (Å²) < 4.78 is 0. The van der Waals surface area contributed by atoms with Gasteiger partial charge in [0, 0.05) is 6.20 Å². The van der Waals surface area contributed by atoms with Crippen LogP contribution in [-0.2, 0) is 0 Å². The van der Waals surface area contributed by atoms with E-state index in [-0.39, 0.29) is 6.04 Å². The summed E-state index contributed by atoms with van der Waals surface area (Å²) in [6.07, 6.45) is 5.39. The number of aromatic nitrogens is 1. The summed E-state index contributed by atoms with van der Waals surface area (Å²) >= 11 is 0. The lowest BCUT2D eigenvalue weighted by Crippen LogP contribution is -2.15. The Labute approximate surface area is 81.9 Å². The average molecular weight is 189 g/mol. The highest BCUT2D eigenvalue weighted by molar-refractivity contribution is 5.94. The second kappa shape index (κ2) is 3.57. The van der Waals surface area contributed by atoms with Crippen molar-refractivity contribution in [3.8, 4) is 0 Å². The van der Waals surface area contributed by atoms with E-state index in [0.29, 0.717) is 11.3 Å². The van der Waals surface area contributed by atoms with Gasteiger partial charge in [0.2, 0.25) is 0 Å². The Morgan fingerprint density at radius 3 is 3.07 bits per heavy atom. The molecule has 0 spiro atoms. The second-order valence-electron chi connectivity index (χ2n) is 3.23. The molecule has 1 atom stereocenters. The number of carbonyl (C=O) groups excluding carboxylic acids is 1. The minimum absolute atomic E-state index is 0.0127. The Kier molecular flexibility index (Phi) is 2.26. The first kappa shape index (κ1) is 8.87. The molecule has 14 heavy (non-hydrogen) atoms. The molecular formula is C10H11N3O. The van der Waals surface area contributed by atoms with Crippen molar-refractivity contribution < 1.29 is 4.79 Å². The van der Waals surface area contributed by atoms with E-state index in [1.807, 2.05) is 6.21 Å². The fourth-order valence-electron chi connectivity index (χ4n) is 1.61. The molecule has 2 heterocycles. The van der Waals surface area contributed by atoms with Gasteiger partial charge >= 0.3 is 0 Å². The maximum Gasteiger partial charge on any atom is 0.250 e. The first-order valence-electron chi connectivity index (χ1n) is 4.55. The van der Waals surface area contributed by atoms with Crippen molar-refractivity contribution in [3.05, 3.63) is 29.6 Å². The third kappa shape index (κ3) is 1.51. The van der Waals surface area contributed by atoms with Gasteiger partial charge in [-0.05, 0) is 31.2 Å². The van der Waals surface area contributed by atoms with Crippen LogP contribution < -0.4 is 5.73 Å². The predicted octanol–water partition coefficient (Wildman–Crippen LogP) is 1.09. The molecule has 1 unspecified atom stereocenters. The number of rotatable bonds is 2. The lowest BCUT2D eigenvalue weighted by molar-refractivity contribution is 0.0998. The fourth-order valence-corrected chi connectivity index (χ4v) is 1.61. The maximum atomic E-state index is 11.1. The molecule has 2 rings (SSSR count). The monoisotopic (exact) mass is 189 g/mol. The fraction of sp³-hybridized carbons (Fsp3) is 0.300. The lowest BCUT2D eigenvalue weighted by atomic mass is 10.1. The molecule has 1 amide bonds. The number of primary amides is 1. The highest BCUT2D eigenvalue weighted by atomic mass is 16.1. The van der Waals surface area contributed by atoms with Crippen molar-refractivity contribution in [1.29, 1.82) is 0 Å². The lowest BCUT2D eigenvalue weighted by Gasteiger charge is -2.09. The number of hydrogen-bond donors (Lipinski definition) is 1. The van der Waals surface area contributed by atoms with E-state index in [0.717, 1.165) is 12.8 Å². The van der Waals surface area contributed by atoms with Crippen LogP contribution in [0.15, 0.2) is 23.3 Å². The highest BCUT2D eigenvalue weighted by Crippen LogP contribution is 2.26. The molecule has 0 bridgehead atoms. The van der Waals surface area contributed by atoms with E-state index >= 15 is 0 Å². The summed E-state index contributed by atoms with van der Waals surface area (Å²) in [5.74, 6) is -0.435. The summed E-state index contributed by atoms with van der Waals surface area (Å²) in [6.45, 7) is 0. The zero-order chi connectivity index (χ0) is 9.97. The molecule has 72 valence electrons. The summed E-state index contributed by atoms with van der Waals surface area (Å²) in [5.41, 5.74) is 6.44. The van der Waals surface area contributed by atoms with Gasteiger partial charge in [-0.15, -0.1) is 0 Å². The maximum absolute atomic E-state index is 11.1. The van der Waals surface area contributed by atoms with Gasteiger partial charge in [-0.3, -0.25) is 14.8 Å². The van der Waals surface area contributed by atoms with Gasteiger partial charge in [0.05, 0.1) is 17.3 Å². The average Bonchev–Trinajstić information content (AvgIpc) is 2.70. The Bertz CT molecular complexity index is 387. The molecule has 1 aromatic heterocycles. The summed E-state index contributed by atoms with van der Waals surface area (Å²) in [7, 11) is 0. The van der Waals surface area contributed by atoms with E-state index in [2.05, 4.69) is 9.98 Å². The molecule has 0 radical (unpaired) electrons. The van der Waals surface area contributed by atoms with Crippen molar-refractivity contribution >= 4 is 12.1 Å². The number of amides is 1. The van der Waals surface area contributed by atoms with Crippen molar-refractivity contribution in [3.63, 3.8) is 0 Å². The van der Waals surface area contributed by atoms with Gasteiger partial charge < -0.3 is 5.73 Å². The number of nitrogens with two attached hydrogens (primary N) is 1. The third-order valence-corrected chi connectivity index (χ3v) is 2.27. The van der Waals surface area contributed by atoms with Crippen LogP contribution in [0.25, 0.3) is 0 Å². The molecule has 0 saturated carbocycles. The molecule has 1 aliphatic heterocycles. The van der Waals surface area contributed by atoms with Crippen LogP contribution in [-0.4, -0.2) is 17.1 Å². The normalized spacial score (nSPS) is 19.9. The number of hydrogen-bond acceptors (Lipinski definition) is 3. The van der Waals surface area contributed by atoms with E-state index in [1.54, 1.807) is 18.3 Å². The molecule has 1 aromatic rings. The zero-order valence-corrected chi connectivity index (χ0v) is 7.68. The number of nitrogens with zero attached hydrogens (tertiary/aromatic N) is 2. The zero-order valence-electron chi connectivity index (χ0n) is 7.68. The van der Waals surface area contributed by atoms with Gasteiger partial charge in [0.1, 0.15) is 0 Å². The summed E-state index contributed by atoms with van der Waals surface area (Å²) in [5, 5.41) is 0. The third-order valence-electron chi connectivity index (χ3n) is 2.27. The molecule has 2 N–H and O–H groups in total. The molecule has 0 saturated heterocycles. The van der Waals surface area contributed by atoms with E-state index in [1.165, 1.54) is 0 Å². The molecule has 4 nitrogen and oxygen atoms in total. The van der Waals surface area contributed by atoms with Crippen LogP contribution in [0, 0.1) is 0 Å². The number of pyridine rings is 1. The Morgan fingerprint density at radius 1 is 1.57 bits per heavy atom. The van der Waals surface area contributed by atoms with E-state index in [9.17, 15) is 4.79 Å². The standard InChI is InChI=1S/C10H11N3O/c11-10(14)7-3-1-6-13-9(7)8-4-2-5-12-8/h1,3,5-6,8H,2,4H2,(H2,11,14). The Morgan fingerprint density at radius 2 is 2.43 bits per heavy atom. The van der Waals surface area contributed by atoms with Crippen LogP contribution in [0.1, 0.15) is 34.9 Å². The van der Waals surface area contributed by atoms with E-state index < -0.39 is 5.91 Å². The van der Waals surface area contributed by atoms with Gasteiger partial charge in [-0.25, -0.2) is 0 Å². The predicted molar refractivity (Wildman–Crippen MR) is 53.2 cm³/mol. The topological polar surface area (TPSA) is 68.3 Å². The summed E-state index contributed by atoms with van der Waals surface area (Å²) in [6, 6.07) is 3.42. The van der Waals surface area contributed by atoms with Crippen LogP contribution in [0.3, 0.4) is 0 Å². The number of carbonyl (C=O) groups is 1. The van der Waals surface area contributed by atoms with Crippen LogP contribution in [0.2, 0.25) is 0 Å². The van der Waals surface area contributed by atoms with Crippen molar-refractivity contribution in [2.45, 2.75) is 18.9 Å². The molecule has 0 aliphatic carbocycles. The van der Waals surface area contributed by atoms with Crippen LogP contribution in [0.5, 0.6) is 0 Å². The molecule has 1 aliphatic rings. The smallest absolute Gasteiger partial charge is 0.250 e.